The zero-order valence-corrected chi connectivity index (χ0v) is 14.3. The van der Waals surface area contributed by atoms with E-state index in [4.69, 9.17) is 12.2 Å². The summed E-state index contributed by atoms with van der Waals surface area (Å²) in [4.78, 5) is 0. The largest absolute Gasteiger partial charge is 0.356 e. The third kappa shape index (κ3) is 5.15. The van der Waals surface area contributed by atoms with Gasteiger partial charge in [-0.2, -0.15) is 0 Å². The second-order valence-corrected chi connectivity index (χ2v) is 6.43. The Morgan fingerprint density at radius 3 is 2.18 bits per heavy atom. The predicted octanol–water partition coefficient (Wildman–Crippen LogP) is 4.93. The van der Waals surface area contributed by atoms with Gasteiger partial charge in [0.1, 0.15) is 0 Å². The van der Waals surface area contributed by atoms with E-state index in [1.54, 1.807) is 0 Å². The summed E-state index contributed by atoms with van der Waals surface area (Å²) in [7, 11) is 0. The first-order chi connectivity index (χ1) is 10.5. The lowest BCUT2D eigenvalue weighted by Crippen LogP contribution is -2.30. The SMILES string of the molecule is CC(C)Cc1ccc(C(C)NC(=S)Nc2ccccc2)cc1. The summed E-state index contributed by atoms with van der Waals surface area (Å²) in [6.07, 6.45) is 1.12. The van der Waals surface area contributed by atoms with Crippen LogP contribution in [0.5, 0.6) is 0 Å². The van der Waals surface area contributed by atoms with E-state index in [2.05, 4.69) is 55.7 Å². The van der Waals surface area contributed by atoms with Crippen molar-refractivity contribution in [3.05, 3.63) is 65.7 Å². The monoisotopic (exact) mass is 312 g/mol. The van der Waals surface area contributed by atoms with Crippen molar-refractivity contribution in [1.82, 2.24) is 5.32 Å². The van der Waals surface area contributed by atoms with Crippen molar-refractivity contribution in [1.29, 1.82) is 0 Å². The zero-order valence-electron chi connectivity index (χ0n) is 13.5. The van der Waals surface area contributed by atoms with Gasteiger partial charge in [0.2, 0.25) is 0 Å². The second kappa shape index (κ2) is 7.95. The summed E-state index contributed by atoms with van der Waals surface area (Å²) in [5.74, 6) is 0.684. The fourth-order valence-corrected chi connectivity index (χ4v) is 2.68. The Bertz CT molecular complexity index is 591. The quantitative estimate of drug-likeness (QED) is 0.765. The Labute approximate surface area is 139 Å². The molecule has 2 aromatic rings. The molecule has 0 aliphatic rings. The van der Waals surface area contributed by atoms with E-state index < -0.39 is 0 Å². The lowest BCUT2D eigenvalue weighted by atomic mass is 10.00. The van der Waals surface area contributed by atoms with Crippen LogP contribution in [0.1, 0.15) is 37.9 Å². The maximum absolute atomic E-state index is 5.37. The van der Waals surface area contributed by atoms with E-state index in [-0.39, 0.29) is 6.04 Å². The molecule has 2 N–H and O–H groups in total. The Kier molecular flexibility index (Phi) is 5.96. The summed E-state index contributed by atoms with van der Waals surface area (Å²) in [5, 5.41) is 7.17. The summed E-state index contributed by atoms with van der Waals surface area (Å²) in [6, 6.07) is 18.9. The van der Waals surface area contributed by atoms with Crippen LogP contribution in [-0.2, 0) is 6.42 Å². The van der Waals surface area contributed by atoms with Gasteiger partial charge in [-0.15, -0.1) is 0 Å². The van der Waals surface area contributed by atoms with E-state index in [0.29, 0.717) is 11.0 Å². The number of nitrogens with one attached hydrogen (secondary N) is 2. The summed E-state index contributed by atoms with van der Waals surface area (Å²) in [5.41, 5.74) is 3.63. The topological polar surface area (TPSA) is 24.1 Å². The van der Waals surface area contributed by atoms with Crippen LogP contribution in [0.4, 0.5) is 5.69 Å². The van der Waals surface area contributed by atoms with E-state index >= 15 is 0 Å². The first kappa shape index (κ1) is 16.5. The number of thiocarbonyl (C=S) groups is 1. The van der Waals surface area contributed by atoms with E-state index in [1.807, 2.05) is 30.3 Å². The van der Waals surface area contributed by atoms with Crippen LogP contribution in [0.3, 0.4) is 0 Å². The number of para-hydroxylation sites is 1. The van der Waals surface area contributed by atoms with E-state index in [1.165, 1.54) is 11.1 Å². The van der Waals surface area contributed by atoms with Crippen molar-refractivity contribution in [2.24, 2.45) is 5.92 Å². The molecule has 0 fully saturated rings. The van der Waals surface area contributed by atoms with Gasteiger partial charge in [0.25, 0.3) is 0 Å². The van der Waals surface area contributed by atoms with Gasteiger partial charge in [-0.1, -0.05) is 56.3 Å². The molecule has 2 aromatic carbocycles. The molecule has 1 atom stereocenters. The molecule has 0 aromatic heterocycles. The van der Waals surface area contributed by atoms with Crippen LogP contribution in [0, 0.1) is 5.92 Å². The molecule has 0 aliphatic heterocycles. The van der Waals surface area contributed by atoms with Crippen LogP contribution in [0.2, 0.25) is 0 Å². The van der Waals surface area contributed by atoms with Crippen molar-refractivity contribution in [2.75, 3.05) is 5.32 Å². The number of hydrogen-bond acceptors (Lipinski definition) is 1. The molecule has 0 radical (unpaired) electrons. The normalized spacial score (nSPS) is 12.0. The maximum atomic E-state index is 5.37. The number of hydrogen-bond donors (Lipinski definition) is 2. The Hall–Kier alpha value is -1.87. The standard InChI is InChI=1S/C19H24N2S/c1-14(2)13-16-9-11-17(12-10-16)15(3)20-19(22)21-18-7-5-4-6-8-18/h4-12,14-15H,13H2,1-3H3,(H2,20,21,22). The van der Waals surface area contributed by atoms with Crippen LogP contribution < -0.4 is 10.6 Å². The fourth-order valence-electron chi connectivity index (χ4n) is 2.38. The summed E-state index contributed by atoms with van der Waals surface area (Å²) in [6.45, 7) is 6.61. The molecule has 2 rings (SSSR count). The van der Waals surface area contributed by atoms with Gasteiger partial charge in [-0.3, -0.25) is 0 Å². The van der Waals surface area contributed by atoms with Crippen molar-refractivity contribution in [3.63, 3.8) is 0 Å². The van der Waals surface area contributed by atoms with Crippen molar-refractivity contribution in [2.45, 2.75) is 33.2 Å². The molecule has 0 amide bonds. The molecule has 3 heteroatoms. The molecule has 2 nitrogen and oxygen atoms in total. The van der Waals surface area contributed by atoms with Crippen LogP contribution >= 0.6 is 12.2 Å². The molecule has 116 valence electrons. The molecular weight excluding hydrogens is 288 g/mol. The Morgan fingerprint density at radius 1 is 0.955 bits per heavy atom. The highest BCUT2D eigenvalue weighted by Crippen LogP contribution is 2.16. The average Bonchev–Trinajstić information content (AvgIpc) is 2.48. The van der Waals surface area contributed by atoms with Gasteiger partial charge < -0.3 is 10.6 Å². The zero-order chi connectivity index (χ0) is 15.9. The number of anilines is 1. The maximum Gasteiger partial charge on any atom is 0.171 e. The van der Waals surface area contributed by atoms with Crippen LogP contribution in [-0.4, -0.2) is 5.11 Å². The summed E-state index contributed by atoms with van der Waals surface area (Å²) >= 11 is 5.37. The molecule has 0 saturated carbocycles. The molecule has 22 heavy (non-hydrogen) atoms. The highest BCUT2D eigenvalue weighted by atomic mass is 32.1. The minimum atomic E-state index is 0.178. The lowest BCUT2D eigenvalue weighted by molar-refractivity contribution is 0.646. The molecule has 0 spiro atoms. The van der Waals surface area contributed by atoms with Gasteiger partial charge in [0, 0.05) is 5.69 Å². The fraction of sp³-hybridized carbons (Fsp3) is 0.316. The van der Waals surface area contributed by atoms with Crippen molar-refractivity contribution < 1.29 is 0 Å². The highest BCUT2D eigenvalue weighted by molar-refractivity contribution is 7.80. The lowest BCUT2D eigenvalue weighted by Gasteiger charge is -2.18. The van der Waals surface area contributed by atoms with Crippen molar-refractivity contribution in [3.8, 4) is 0 Å². The number of benzene rings is 2. The average molecular weight is 312 g/mol. The number of rotatable bonds is 5. The van der Waals surface area contributed by atoms with Gasteiger partial charge in [0.05, 0.1) is 6.04 Å². The Balaban J connectivity index is 1.91. The van der Waals surface area contributed by atoms with E-state index in [0.717, 1.165) is 12.1 Å². The third-order valence-electron chi connectivity index (χ3n) is 3.50. The molecule has 1 unspecified atom stereocenters. The van der Waals surface area contributed by atoms with Crippen LogP contribution in [0.15, 0.2) is 54.6 Å². The molecule has 0 heterocycles. The molecule has 0 saturated heterocycles. The highest BCUT2D eigenvalue weighted by Gasteiger charge is 2.07. The van der Waals surface area contributed by atoms with Crippen LogP contribution in [0.25, 0.3) is 0 Å². The molecule has 0 aliphatic carbocycles. The Morgan fingerprint density at radius 2 is 1.59 bits per heavy atom. The van der Waals surface area contributed by atoms with Gasteiger partial charge in [-0.25, -0.2) is 0 Å². The first-order valence-electron chi connectivity index (χ1n) is 7.76. The third-order valence-corrected chi connectivity index (χ3v) is 3.72. The van der Waals surface area contributed by atoms with Gasteiger partial charge in [0.15, 0.2) is 5.11 Å². The van der Waals surface area contributed by atoms with Crippen molar-refractivity contribution >= 4 is 23.0 Å². The smallest absolute Gasteiger partial charge is 0.171 e. The molecule has 0 bridgehead atoms. The van der Waals surface area contributed by atoms with E-state index in [9.17, 15) is 0 Å². The van der Waals surface area contributed by atoms with Gasteiger partial charge in [-0.05, 0) is 54.7 Å². The minimum absolute atomic E-state index is 0.178. The second-order valence-electron chi connectivity index (χ2n) is 6.03. The summed E-state index contributed by atoms with van der Waals surface area (Å²) < 4.78 is 0. The molecular formula is C19H24N2S. The first-order valence-corrected chi connectivity index (χ1v) is 8.17. The van der Waals surface area contributed by atoms with Gasteiger partial charge >= 0.3 is 0 Å². The minimum Gasteiger partial charge on any atom is -0.356 e. The predicted molar refractivity (Wildman–Crippen MR) is 99.2 cm³/mol.